The van der Waals surface area contributed by atoms with Gasteiger partial charge in [-0.3, -0.25) is 0 Å². The van der Waals surface area contributed by atoms with E-state index in [1.807, 2.05) is 19.2 Å². The zero-order chi connectivity index (χ0) is 13.9. The molecule has 0 heterocycles. The van der Waals surface area contributed by atoms with Gasteiger partial charge in [0.05, 0.1) is 16.1 Å². The van der Waals surface area contributed by atoms with Gasteiger partial charge < -0.3 is 10.4 Å². The minimum absolute atomic E-state index is 0.126. The van der Waals surface area contributed by atoms with Gasteiger partial charge in [0.15, 0.2) is 0 Å². The van der Waals surface area contributed by atoms with Crippen LogP contribution in [0.3, 0.4) is 0 Å². The number of aliphatic hydroxyl groups is 1. The third-order valence-electron chi connectivity index (χ3n) is 4.13. The first-order valence-electron chi connectivity index (χ1n) is 6.81. The Morgan fingerprint density at radius 3 is 2.53 bits per heavy atom. The van der Waals surface area contributed by atoms with Crippen LogP contribution in [0, 0.1) is 5.41 Å². The molecule has 0 spiro atoms. The van der Waals surface area contributed by atoms with Crippen LogP contribution in [0.2, 0.25) is 10.0 Å². The zero-order valence-corrected chi connectivity index (χ0v) is 12.8. The van der Waals surface area contributed by atoms with E-state index in [4.69, 9.17) is 23.2 Å². The molecule has 19 heavy (non-hydrogen) atoms. The summed E-state index contributed by atoms with van der Waals surface area (Å²) in [7, 11) is 1.99. The molecule has 2 N–H and O–H groups in total. The van der Waals surface area contributed by atoms with Crippen molar-refractivity contribution in [2.45, 2.75) is 38.2 Å². The summed E-state index contributed by atoms with van der Waals surface area (Å²) in [6.45, 7) is 0.972. The van der Waals surface area contributed by atoms with Crippen molar-refractivity contribution in [1.82, 2.24) is 5.32 Å². The van der Waals surface area contributed by atoms with Crippen molar-refractivity contribution in [3.8, 4) is 0 Å². The molecular weight excluding hydrogens is 281 g/mol. The number of hydrogen-bond acceptors (Lipinski definition) is 2. The first-order chi connectivity index (χ1) is 9.04. The van der Waals surface area contributed by atoms with Crippen LogP contribution in [-0.4, -0.2) is 24.8 Å². The Morgan fingerprint density at radius 2 is 1.95 bits per heavy atom. The van der Waals surface area contributed by atoms with Gasteiger partial charge in [0.2, 0.25) is 0 Å². The molecule has 1 aromatic rings. The standard InChI is InChI=1S/C15H21Cl2NO/c1-18-10-15(6-4-12(19)5-7-15)9-11-2-3-13(16)14(17)8-11/h2-3,8,12,18-19H,4-7,9-10H2,1H3. The Morgan fingerprint density at radius 1 is 1.26 bits per heavy atom. The average Bonchev–Trinajstić information content (AvgIpc) is 2.38. The second-order valence-electron chi connectivity index (χ2n) is 5.69. The number of aliphatic hydroxyl groups excluding tert-OH is 1. The molecule has 0 atom stereocenters. The molecule has 1 aromatic carbocycles. The summed E-state index contributed by atoms with van der Waals surface area (Å²) in [6.07, 6.45) is 4.74. The van der Waals surface area contributed by atoms with Gasteiger partial charge in [-0.05, 0) is 62.3 Å². The van der Waals surface area contributed by atoms with Gasteiger partial charge in [0.25, 0.3) is 0 Å². The summed E-state index contributed by atoms with van der Waals surface area (Å²) in [5, 5.41) is 14.2. The Kier molecular flexibility index (Phi) is 5.13. The molecule has 2 nitrogen and oxygen atoms in total. The van der Waals surface area contributed by atoms with E-state index in [2.05, 4.69) is 11.4 Å². The van der Waals surface area contributed by atoms with Crippen LogP contribution < -0.4 is 5.32 Å². The monoisotopic (exact) mass is 301 g/mol. The summed E-state index contributed by atoms with van der Waals surface area (Å²) < 4.78 is 0. The third-order valence-corrected chi connectivity index (χ3v) is 4.87. The lowest BCUT2D eigenvalue weighted by Crippen LogP contribution is -2.39. The Bertz CT molecular complexity index is 428. The largest absolute Gasteiger partial charge is 0.393 e. The van der Waals surface area contributed by atoms with Crippen molar-refractivity contribution in [3.63, 3.8) is 0 Å². The summed E-state index contributed by atoms with van der Waals surface area (Å²) >= 11 is 12.1. The maximum atomic E-state index is 9.70. The minimum Gasteiger partial charge on any atom is -0.393 e. The number of nitrogens with one attached hydrogen (secondary N) is 1. The summed E-state index contributed by atoms with van der Waals surface area (Å²) in [6, 6.07) is 5.88. The summed E-state index contributed by atoms with van der Waals surface area (Å²) in [4.78, 5) is 0. The van der Waals surface area contributed by atoms with Crippen molar-refractivity contribution in [2.24, 2.45) is 5.41 Å². The predicted molar refractivity (Wildman–Crippen MR) is 81.0 cm³/mol. The maximum absolute atomic E-state index is 9.70. The average molecular weight is 302 g/mol. The van der Waals surface area contributed by atoms with Gasteiger partial charge in [-0.1, -0.05) is 29.3 Å². The summed E-state index contributed by atoms with van der Waals surface area (Å²) in [5.74, 6) is 0. The van der Waals surface area contributed by atoms with E-state index in [9.17, 15) is 5.11 Å². The number of halogens is 2. The second-order valence-corrected chi connectivity index (χ2v) is 6.50. The molecule has 1 aliphatic carbocycles. The molecule has 0 unspecified atom stereocenters. The van der Waals surface area contributed by atoms with Gasteiger partial charge >= 0.3 is 0 Å². The van der Waals surface area contributed by atoms with Crippen LogP contribution >= 0.6 is 23.2 Å². The molecule has 0 aromatic heterocycles. The van der Waals surface area contributed by atoms with E-state index in [-0.39, 0.29) is 11.5 Å². The highest BCUT2D eigenvalue weighted by molar-refractivity contribution is 6.42. The van der Waals surface area contributed by atoms with Crippen LogP contribution in [0.25, 0.3) is 0 Å². The van der Waals surface area contributed by atoms with E-state index in [1.165, 1.54) is 5.56 Å². The van der Waals surface area contributed by atoms with Crippen molar-refractivity contribution < 1.29 is 5.11 Å². The zero-order valence-electron chi connectivity index (χ0n) is 11.3. The predicted octanol–water partition coefficient (Wildman–Crippen LogP) is 3.68. The lowest BCUT2D eigenvalue weighted by molar-refractivity contribution is 0.0629. The molecule has 1 fully saturated rings. The number of rotatable bonds is 4. The highest BCUT2D eigenvalue weighted by Crippen LogP contribution is 2.39. The van der Waals surface area contributed by atoms with E-state index < -0.39 is 0 Å². The van der Waals surface area contributed by atoms with Gasteiger partial charge in [-0.25, -0.2) is 0 Å². The molecule has 1 saturated carbocycles. The third kappa shape index (κ3) is 3.85. The molecule has 2 rings (SSSR count). The highest BCUT2D eigenvalue weighted by Gasteiger charge is 2.34. The molecule has 4 heteroatoms. The van der Waals surface area contributed by atoms with E-state index in [0.717, 1.165) is 38.6 Å². The molecule has 0 radical (unpaired) electrons. The first kappa shape index (κ1) is 15.1. The Balaban J connectivity index is 2.13. The van der Waals surface area contributed by atoms with Gasteiger partial charge in [-0.2, -0.15) is 0 Å². The van der Waals surface area contributed by atoms with E-state index >= 15 is 0 Å². The minimum atomic E-state index is -0.126. The summed E-state index contributed by atoms with van der Waals surface area (Å²) in [5.41, 5.74) is 1.45. The normalized spacial score (nSPS) is 27.5. The SMILES string of the molecule is CNCC1(Cc2ccc(Cl)c(Cl)c2)CCC(O)CC1. The number of hydrogen-bond donors (Lipinski definition) is 2. The van der Waals surface area contributed by atoms with Crippen molar-refractivity contribution >= 4 is 23.2 Å². The van der Waals surface area contributed by atoms with Crippen LogP contribution in [0.1, 0.15) is 31.2 Å². The molecule has 0 bridgehead atoms. The van der Waals surface area contributed by atoms with Crippen LogP contribution in [0.15, 0.2) is 18.2 Å². The van der Waals surface area contributed by atoms with Gasteiger partial charge in [0, 0.05) is 6.54 Å². The van der Waals surface area contributed by atoms with Crippen molar-refractivity contribution in [1.29, 1.82) is 0 Å². The molecule has 0 amide bonds. The molecule has 1 aliphatic rings. The molecule has 0 aliphatic heterocycles. The van der Waals surface area contributed by atoms with Crippen LogP contribution in [-0.2, 0) is 6.42 Å². The quantitative estimate of drug-likeness (QED) is 0.889. The fourth-order valence-electron chi connectivity index (χ4n) is 3.09. The fraction of sp³-hybridized carbons (Fsp3) is 0.600. The van der Waals surface area contributed by atoms with E-state index in [0.29, 0.717) is 10.0 Å². The lowest BCUT2D eigenvalue weighted by Gasteiger charge is -2.39. The second kappa shape index (κ2) is 6.45. The molecule has 106 valence electrons. The molecule has 0 saturated heterocycles. The lowest BCUT2D eigenvalue weighted by atomic mass is 9.69. The fourth-order valence-corrected chi connectivity index (χ4v) is 3.41. The molecular formula is C15H21Cl2NO. The van der Waals surface area contributed by atoms with E-state index in [1.54, 1.807) is 0 Å². The first-order valence-corrected chi connectivity index (χ1v) is 7.57. The van der Waals surface area contributed by atoms with Crippen LogP contribution in [0.4, 0.5) is 0 Å². The maximum Gasteiger partial charge on any atom is 0.0595 e. The van der Waals surface area contributed by atoms with Crippen LogP contribution in [0.5, 0.6) is 0 Å². The smallest absolute Gasteiger partial charge is 0.0595 e. The van der Waals surface area contributed by atoms with Crippen molar-refractivity contribution in [2.75, 3.05) is 13.6 Å². The van der Waals surface area contributed by atoms with Gasteiger partial charge in [-0.15, -0.1) is 0 Å². The number of benzene rings is 1. The Labute approximate surface area is 125 Å². The van der Waals surface area contributed by atoms with Gasteiger partial charge in [0.1, 0.15) is 0 Å². The topological polar surface area (TPSA) is 32.3 Å². The Hall–Kier alpha value is -0.280. The van der Waals surface area contributed by atoms with Crippen molar-refractivity contribution in [3.05, 3.63) is 33.8 Å². The highest BCUT2D eigenvalue weighted by atomic mass is 35.5.